The Morgan fingerprint density at radius 3 is 2.46 bits per heavy atom. The molecule has 0 bridgehead atoms. The van der Waals surface area contributed by atoms with Gasteiger partial charge in [0.1, 0.15) is 11.3 Å². The summed E-state index contributed by atoms with van der Waals surface area (Å²) in [6.45, 7) is 1.97. The molecule has 4 heterocycles. The number of hydrogen-bond donors (Lipinski definition) is 0. The smallest absolute Gasteiger partial charge is 0.291 e. The molecule has 0 saturated heterocycles. The molecule has 0 fully saturated rings. The normalized spacial score (nSPS) is 12.0. The molecule has 9 nitrogen and oxygen atoms in total. The average molecular weight is 562 g/mol. The zero-order valence-electron chi connectivity index (χ0n) is 22.4. The molecule has 0 N–H and O–H groups in total. The SMILES string of the molecule is COc1ccc(-c2nn(-c3ccccc3)cc2C=c2sc3nc(-c4oc5ccccc5c4C)nn3c2=O)cc1OC. The van der Waals surface area contributed by atoms with E-state index in [2.05, 4.69) is 10.1 Å². The molecule has 0 amide bonds. The lowest BCUT2D eigenvalue weighted by atomic mass is 10.1. The second-order valence-electron chi connectivity index (χ2n) is 9.38. The molecule has 0 atom stereocenters. The number of furan rings is 1. The maximum absolute atomic E-state index is 13.5. The van der Waals surface area contributed by atoms with Gasteiger partial charge in [-0.1, -0.05) is 47.7 Å². The van der Waals surface area contributed by atoms with Crippen LogP contribution in [0.5, 0.6) is 11.5 Å². The molecule has 0 unspecified atom stereocenters. The molecule has 10 heteroatoms. The van der Waals surface area contributed by atoms with Crippen LogP contribution < -0.4 is 19.6 Å². The van der Waals surface area contributed by atoms with Crippen LogP contribution in [0, 0.1) is 6.92 Å². The van der Waals surface area contributed by atoms with Gasteiger partial charge in [-0.15, -0.1) is 5.10 Å². The monoisotopic (exact) mass is 561 g/mol. The first-order valence-electron chi connectivity index (χ1n) is 12.8. The van der Waals surface area contributed by atoms with Gasteiger partial charge in [-0.05, 0) is 49.4 Å². The second-order valence-corrected chi connectivity index (χ2v) is 10.4. The summed E-state index contributed by atoms with van der Waals surface area (Å²) in [7, 11) is 3.19. The van der Waals surface area contributed by atoms with Gasteiger partial charge in [0.25, 0.3) is 5.56 Å². The average Bonchev–Trinajstić information content (AvgIpc) is 3.77. The first kappa shape index (κ1) is 24.8. The highest BCUT2D eigenvalue weighted by Crippen LogP contribution is 2.34. The van der Waals surface area contributed by atoms with E-state index in [9.17, 15) is 4.79 Å². The summed E-state index contributed by atoms with van der Waals surface area (Å²) in [6.07, 6.45) is 3.73. The first-order valence-corrected chi connectivity index (χ1v) is 13.6. The van der Waals surface area contributed by atoms with Crippen molar-refractivity contribution in [3.63, 3.8) is 0 Å². The van der Waals surface area contributed by atoms with Crippen molar-refractivity contribution < 1.29 is 13.9 Å². The summed E-state index contributed by atoms with van der Waals surface area (Å²) in [5, 5.41) is 10.4. The number of aromatic nitrogens is 5. The number of rotatable bonds is 6. The fourth-order valence-corrected chi connectivity index (χ4v) is 5.77. The Kier molecular flexibility index (Phi) is 5.90. The van der Waals surface area contributed by atoms with Gasteiger partial charge in [-0.25, -0.2) is 4.68 Å². The molecule has 0 aliphatic carbocycles. The third-order valence-electron chi connectivity index (χ3n) is 6.94. The Labute approximate surface area is 237 Å². The van der Waals surface area contributed by atoms with Crippen molar-refractivity contribution in [2.24, 2.45) is 0 Å². The Balaban J connectivity index is 1.36. The maximum atomic E-state index is 13.5. The van der Waals surface area contributed by atoms with Gasteiger partial charge < -0.3 is 13.9 Å². The Bertz CT molecular complexity index is 2180. The van der Waals surface area contributed by atoms with E-state index in [-0.39, 0.29) is 5.56 Å². The zero-order chi connectivity index (χ0) is 28.1. The van der Waals surface area contributed by atoms with Gasteiger partial charge in [0.05, 0.1) is 24.4 Å². The lowest BCUT2D eigenvalue weighted by molar-refractivity contribution is 0.355. The largest absolute Gasteiger partial charge is 0.493 e. The molecule has 0 spiro atoms. The number of aryl methyl sites for hydroxylation is 1. The van der Waals surface area contributed by atoms with Crippen LogP contribution >= 0.6 is 11.3 Å². The van der Waals surface area contributed by atoms with Gasteiger partial charge in [0.2, 0.25) is 10.8 Å². The van der Waals surface area contributed by atoms with E-state index in [0.29, 0.717) is 38.3 Å². The van der Waals surface area contributed by atoms with Gasteiger partial charge in [-0.2, -0.15) is 14.6 Å². The highest BCUT2D eigenvalue weighted by molar-refractivity contribution is 7.15. The van der Waals surface area contributed by atoms with Crippen LogP contribution in [0.1, 0.15) is 11.1 Å². The minimum absolute atomic E-state index is 0.261. The number of benzene rings is 3. The van der Waals surface area contributed by atoms with Crippen molar-refractivity contribution in [2.75, 3.05) is 14.2 Å². The molecule has 0 aliphatic heterocycles. The highest BCUT2D eigenvalue weighted by atomic mass is 32.1. The molecule has 41 heavy (non-hydrogen) atoms. The van der Waals surface area contributed by atoms with Crippen LogP contribution in [0.2, 0.25) is 0 Å². The van der Waals surface area contributed by atoms with E-state index in [1.807, 2.05) is 92.0 Å². The van der Waals surface area contributed by atoms with Gasteiger partial charge in [0.15, 0.2) is 17.3 Å². The molecular formula is C31H23N5O4S. The van der Waals surface area contributed by atoms with Crippen LogP contribution in [0.3, 0.4) is 0 Å². The standard InChI is InChI=1S/C31H23N5O4S/c1-18-22-11-7-8-12-23(22)40-28(18)29-32-31-36(34-29)30(37)26(41-31)16-20-17-35(21-9-5-4-6-10-21)33-27(20)19-13-14-24(38-2)25(15-19)39-3/h4-17H,1-3H3. The van der Waals surface area contributed by atoms with Crippen molar-refractivity contribution >= 4 is 33.3 Å². The van der Waals surface area contributed by atoms with Crippen molar-refractivity contribution in [3.8, 4) is 40.0 Å². The number of hydrogen-bond acceptors (Lipinski definition) is 8. The van der Waals surface area contributed by atoms with Crippen molar-refractivity contribution in [2.45, 2.75) is 6.92 Å². The van der Waals surface area contributed by atoms with Crippen LogP contribution in [0.4, 0.5) is 0 Å². The first-order chi connectivity index (χ1) is 20.0. The van der Waals surface area contributed by atoms with E-state index >= 15 is 0 Å². The predicted octanol–water partition coefficient (Wildman–Crippen LogP) is 5.29. The Morgan fingerprint density at radius 1 is 0.927 bits per heavy atom. The number of nitrogens with zero attached hydrogens (tertiary/aromatic N) is 5. The third-order valence-corrected chi connectivity index (χ3v) is 7.89. The van der Waals surface area contributed by atoms with E-state index in [4.69, 9.17) is 19.0 Å². The fourth-order valence-electron chi connectivity index (χ4n) is 4.87. The number of ether oxygens (including phenoxy) is 2. The number of methoxy groups -OCH3 is 2. The minimum Gasteiger partial charge on any atom is -0.493 e. The molecule has 202 valence electrons. The quantitative estimate of drug-likeness (QED) is 0.272. The Morgan fingerprint density at radius 2 is 1.71 bits per heavy atom. The van der Waals surface area contributed by atoms with Crippen molar-refractivity contribution in [1.82, 2.24) is 24.4 Å². The summed E-state index contributed by atoms with van der Waals surface area (Å²) in [5.74, 6) is 2.15. The van der Waals surface area contributed by atoms with E-state index in [1.165, 1.54) is 15.9 Å². The number of fused-ring (bicyclic) bond motifs is 2. The van der Waals surface area contributed by atoms with E-state index < -0.39 is 0 Å². The molecular weight excluding hydrogens is 538 g/mol. The fraction of sp³-hybridized carbons (Fsp3) is 0.0968. The van der Waals surface area contributed by atoms with Crippen LogP contribution in [0.25, 0.3) is 50.5 Å². The summed E-state index contributed by atoms with van der Waals surface area (Å²) in [4.78, 5) is 18.6. The second kappa shape index (κ2) is 9.76. The summed E-state index contributed by atoms with van der Waals surface area (Å²) in [6, 6.07) is 23.2. The topological polar surface area (TPSA) is 96.7 Å². The molecule has 7 aromatic rings. The summed E-state index contributed by atoms with van der Waals surface area (Å²) < 4.78 is 20.6. The minimum atomic E-state index is -0.261. The van der Waals surface area contributed by atoms with Gasteiger partial charge >= 0.3 is 0 Å². The van der Waals surface area contributed by atoms with Crippen molar-refractivity contribution in [3.05, 3.63) is 105 Å². The van der Waals surface area contributed by atoms with Gasteiger partial charge in [-0.3, -0.25) is 4.79 Å². The zero-order valence-corrected chi connectivity index (χ0v) is 23.2. The molecule has 0 saturated carbocycles. The summed E-state index contributed by atoms with van der Waals surface area (Å²) in [5.41, 5.74) is 4.59. The predicted molar refractivity (Wildman–Crippen MR) is 158 cm³/mol. The van der Waals surface area contributed by atoms with Crippen LogP contribution in [0.15, 0.2) is 88.2 Å². The van der Waals surface area contributed by atoms with Crippen LogP contribution in [-0.4, -0.2) is 38.6 Å². The maximum Gasteiger partial charge on any atom is 0.291 e. The highest BCUT2D eigenvalue weighted by Gasteiger charge is 2.20. The van der Waals surface area contributed by atoms with Gasteiger partial charge in [0, 0.05) is 28.3 Å². The molecule has 7 rings (SSSR count). The third kappa shape index (κ3) is 4.16. The van der Waals surface area contributed by atoms with Crippen LogP contribution in [-0.2, 0) is 0 Å². The number of thiazole rings is 1. The summed E-state index contributed by atoms with van der Waals surface area (Å²) >= 11 is 1.27. The molecule has 3 aromatic carbocycles. The molecule has 0 radical (unpaired) electrons. The Hall–Kier alpha value is -5.22. The lowest BCUT2D eigenvalue weighted by Gasteiger charge is -2.09. The van der Waals surface area contributed by atoms with Crippen molar-refractivity contribution in [1.29, 1.82) is 0 Å². The lowest BCUT2D eigenvalue weighted by Crippen LogP contribution is -2.23. The van der Waals surface area contributed by atoms with E-state index in [1.54, 1.807) is 18.9 Å². The molecule has 4 aromatic heterocycles. The number of para-hydroxylation sites is 2. The molecule has 0 aliphatic rings. The van der Waals surface area contributed by atoms with E-state index in [0.717, 1.165) is 33.3 Å².